The normalized spacial score (nSPS) is 23.8. The summed E-state index contributed by atoms with van der Waals surface area (Å²) in [5, 5.41) is 26.8. The van der Waals surface area contributed by atoms with Gasteiger partial charge in [0.25, 0.3) is 0 Å². The van der Waals surface area contributed by atoms with Crippen LogP contribution >= 0.6 is 12.4 Å². The number of carbonyl (C=O) groups excluding carboxylic acids is 1. The zero-order valence-electron chi connectivity index (χ0n) is 6.51. The second kappa shape index (κ2) is 4.31. The molecule has 76 valence electrons. The summed E-state index contributed by atoms with van der Waals surface area (Å²) in [4.78, 5) is 10.6. The number of hydrogen-bond acceptors (Lipinski definition) is 6. The summed E-state index contributed by atoms with van der Waals surface area (Å²) >= 11 is 0. The van der Waals surface area contributed by atoms with Crippen molar-refractivity contribution < 1.29 is 24.9 Å². The van der Waals surface area contributed by atoms with Gasteiger partial charge in [0.05, 0.1) is 0 Å². The van der Waals surface area contributed by atoms with Crippen LogP contribution in [0.5, 0.6) is 0 Å². The van der Waals surface area contributed by atoms with Crippen LogP contribution in [0, 0.1) is 0 Å². The molecule has 0 aromatic rings. The molecule has 7 heteroatoms. The van der Waals surface area contributed by atoms with Crippen molar-refractivity contribution in [2.75, 3.05) is 6.54 Å². The van der Waals surface area contributed by atoms with Crippen LogP contribution in [0.4, 0.5) is 0 Å². The van der Waals surface area contributed by atoms with Gasteiger partial charge in [0.15, 0.2) is 11.9 Å². The number of carbonyl (C=O) groups is 1. The van der Waals surface area contributed by atoms with E-state index in [1.165, 1.54) is 0 Å². The summed E-state index contributed by atoms with van der Waals surface area (Å²) in [6, 6.07) is 0. The van der Waals surface area contributed by atoms with Crippen molar-refractivity contribution in [1.29, 1.82) is 0 Å². The van der Waals surface area contributed by atoms with Gasteiger partial charge in [-0.2, -0.15) is 0 Å². The van der Waals surface area contributed by atoms with E-state index < -0.39 is 29.7 Å². The average Bonchev–Trinajstić information content (AvgIpc) is 2.32. The topological polar surface area (TPSA) is 113 Å². The molecule has 0 saturated carbocycles. The number of rotatable bonds is 2. The highest BCUT2D eigenvalue weighted by Crippen LogP contribution is 2.20. The van der Waals surface area contributed by atoms with E-state index in [9.17, 15) is 4.79 Å². The molecule has 0 radical (unpaired) electrons. The Morgan fingerprint density at radius 1 is 1.54 bits per heavy atom. The van der Waals surface area contributed by atoms with Crippen LogP contribution in [0.3, 0.4) is 0 Å². The Morgan fingerprint density at radius 2 is 2.08 bits per heavy atom. The van der Waals surface area contributed by atoms with Gasteiger partial charge < -0.3 is 25.8 Å². The molecule has 1 heterocycles. The lowest BCUT2D eigenvalue weighted by Gasteiger charge is -2.14. The molecular formula is C6H10ClNO5. The minimum absolute atomic E-state index is 0. The number of cyclic esters (lactones) is 1. The fourth-order valence-corrected chi connectivity index (χ4v) is 0.851. The summed E-state index contributed by atoms with van der Waals surface area (Å²) in [5.41, 5.74) is 5.05. The zero-order valence-corrected chi connectivity index (χ0v) is 7.32. The Hall–Kier alpha value is -0.980. The predicted octanol–water partition coefficient (Wildman–Crippen LogP) is -1.02. The molecule has 0 aliphatic carbocycles. The molecule has 0 bridgehead atoms. The number of halogens is 1. The van der Waals surface area contributed by atoms with Gasteiger partial charge in [0, 0.05) is 6.54 Å². The van der Waals surface area contributed by atoms with E-state index in [-0.39, 0.29) is 19.0 Å². The first-order chi connectivity index (χ1) is 5.57. The van der Waals surface area contributed by atoms with Gasteiger partial charge in [-0.15, -0.1) is 12.4 Å². The van der Waals surface area contributed by atoms with Crippen LogP contribution in [-0.2, 0) is 9.53 Å². The summed E-state index contributed by atoms with van der Waals surface area (Å²) in [6.07, 6.45) is -2.43. The molecule has 6 nitrogen and oxygen atoms in total. The molecule has 0 unspecified atom stereocenters. The average molecular weight is 212 g/mol. The monoisotopic (exact) mass is 211 g/mol. The summed E-state index contributed by atoms with van der Waals surface area (Å²) in [7, 11) is 0. The van der Waals surface area contributed by atoms with Crippen molar-refractivity contribution >= 4 is 18.4 Å². The Labute approximate surface area is 80.0 Å². The first-order valence-electron chi connectivity index (χ1n) is 3.29. The molecule has 5 N–H and O–H groups in total. The van der Waals surface area contributed by atoms with Crippen molar-refractivity contribution in [1.82, 2.24) is 0 Å². The maximum atomic E-state index is 10.6. The van der Waals surface area contributed by atoms with Crippen LogP contribution in [-0.4, -0.2) is 40.0 Å². The Balaban J connectivity index is 0.00000144. The van der Waals surface area contributed by atoms with E-state index in [1.807, 2.05) is 0 Å². The summed E-state index contributed by atoms with van der Waals surface area (Å²) < 4.78 is 4.40. The van der Waals surface area contributed by atoms with Gasteiger partial charge >= 0.3 is 5.97 Å². The van der Waals surface area contributed by atoms with Crippen LogP contribution in [0.2, 0.25) is 0 Å². The molecule has 0 saturated heterocycles. The van der Waals surface area contributed by atoms with Gasteiger partial charge in [0.1, 0.15) is 6.10 Å². The third-order valence-electron chi connectivity index (χ3n) is 1.53. The van der Waals surface area contributed by atoms with E-state index in [0.29, 0.717) is 0 Å². The predicted molar refractivity (Wildman–Crippen MR) is 44.5 cm³/mol. The summed E-state index contributed by atoms with van der Waals surface area (Å²) in [5.74, 6) is -2.59. The molecule has 13 heavy (non-hydrogen) atoms. The zero-order chi connectivity index (χ0) is 9.30. The van der Waals surface area contributed by atoms with Crippen molar-refractivity contribution in [2.24, 2.45) is 5.73 Å². The quantitative estimate of drug-likeness (QED) is 0.435. The Kier molecular flexibility index (Phi) is 3.99. The minimum atomic E-state index is -1.23. The molecule has 2 atom stereocenters. The summed E-state index contributed by atoms with van der Waals surface area (Å²) in [6.45, 7) is -0.171. The molecule has 1 aliphatic rings. The highest BCUT2D eigenvalue weighted by molar-refractivity contribution is 5.89. The third kappa shape index (κ3) is 2.03. The molecule has 0 spiro atoms. The van der Waals surface area contributed by atoms with E-state index in [1.54, 1.807) is 0 Å². The minimum Gasteiger partial charge on any atom is -0.505 e. The maximum Gasteiger partial charge on any atom is 0.377 e. The fraction of sp³-hybridized carbons (Fsp3) is 0.500. The number of aliphatic hydroxyl groups is 3. The molecular weight excluding hydrogens is 202 g/mol. The first kappa shape index (κ1) is 12.0. The highest BCUT2D eigenvalue weighted by atomic mass is 35.5. The van der Waals surface area contributed by atoms with Crippen molar-refractivity contribution in [2.45, 2.75) is 12.2 Å². The number of aliphatic hydroxyl groups excluding tert-OH is 3. The van der Waals surface area contributed by atoms with Crippen molar-refractivity contribution in [3.05, 3.63) is 11.5 Å². The smallest absolute Gasteiger partial charge is 0.377 e. The van der Waals surface area contributed by atoms with Crippen LogP contribution in [0.25, 0.3) is 0 Å². The lowest BCUT2D eigenvalue weighted by Crippen LogP contribution is -2.35. The lowest BCUT2D eigenvalue weighted by atomic mass is 10.2. The first-order valence-corrected chi connectivity index (χ1v) is 3.29. The van der Waals surface area contributed by atoms with Gasteiger partial charge in [-0.05, 0) is 0 Å². The standard InChI is InChI=1S/C6H9NO5.ClH/c7-1-2(8)5-3(9)4(10)6(11)12-5;/h2,5,8-10H,1,7H2;1H/t2-,5+;/m0./s1. The molecule has 1 rings (SSSR count). The second-order valence-electron chi connectivity index (χ2n) is 2.36. The lowest BCUT2D eigenvalue weighted by molar-refractivity contribution is -0.146. The van der Waals surface area contributed by atoms with Gasteiger partial charge in [-0.25, -0.2) is 4.79 Å². The number of esters is 1. The van der Waals surface area contributed by atoms with E-state index in [2.05, 4.69) is 4.74 Å². The molecule has 1 aliphatic heterocycles. The van der Waals surface area contributed by atoms with Gasteiger partial charge in [-0.3, -0.25) is 0 Å². The number of nitrogens with two attached hydrogens (primary N) is 1. The Bertz CT molecular complexity index is 241. The molecule has 0 aromatic heterocycles. The highest BCUT2D eigenvalue weighted by Gasteiger charge is 2.38. The molecule has 0 amide bonds. The van der Waals surface area contributed by atoms with Gasteiger partial charge in [-0.1, -0.05) is 0 Å². The van der Waals surface area contributed by atoms with E-state index in [0.717, 1.165) is 0 Å². The molecule has 0 aromatic carbocycles. The van der Waals surface area contributed by atoms with Crippen LogP contribution in [0.15, 0.2) is 11.5 Å². The third-order valence-corrected chi connectivity index (χ3v) is 1.53. The second-order valence-corrected chi connectivity index (χ2v) is 2.36. The fourth-order valence-electron chi connectivity index (χ4n) is 0.851. The Morgan fingerprint density at radius 3 is 2.38 bits per heavy atom. The van der Waals surface area contributed by atoms with Gasteiger partial charge in [0.2, 0.25) is 5.76 Å². The van der Waals surface area contributed by atoms with Crippen LogP contribution in [0.1, 0.15) is 0 Å². The largest absolute Gasteiger partial charge is 0.505 e. The van der Waals surface area contributed by atoms with Crippen molar-refractivity contribution in [3.8, 4) is 0 Å². The van der Waals surface area contributed by atoms with E-state index in [4.69, 9.17) is 21.1 Å². The maximum absolute atomic E-state index is 10.6. The van der Waals surface area contributed by atoms with Crippen molar-refractivity contribution in [3.63, 3.8) is 0 Å². The van der Waals surface area contributed by atoms with E-state index >= 15 is 0 Å². The number of ether oxygens (including phenoxy) is 1. The number of hydrogen-bond donors (Lipinski definition) is 4. The van der Waals surface area contributed by atoms with Crippen LogP contribution < -0.4 is 5.73 Å². The molecule has 0 fully saturated rings. The SMILES string of the molecule is Cl.NC[C@H](O)[C@H]1OC(=O)C(O)=C1O.